The highest BCUT2D eigenvalue weighted by atomic mass is 35.5. The Bertz CT molecular complexity index is 1470. The lowest BCUT2D eigenvalue weighted by Gasteiger charge is -2.26. The lowest BCUT2D eigenvalue weighted by Crippen LogP contribution is -3.24. The molecule has 37 heavy (non-hydrogen) atoms. The summed E-state index contributed by atoms with van der Waals surface area (Å²) in [6.45, 7) is 4.79. The molecule has 1 saturated heterocycles. The minimum Gasteiger partial charge on any atom is -1.00 e. The van der Waals surface area contributed by atoms with Crippen molar-refractivity contribution in [2.45, 2.75) is 0 Å². The maximum Gasteiger partial charge on any atom is 0.138 e. The molecule has 3 heterocycles. The van der Waals surface area contributed by atoms with Crippen LogP contribution < -0.4 is 51.9 Å². The maximum atomic E-state index is 4.87. The lowest BCUT2D eigenvalue weighted by atomic mass is 10.2. The zero-order valence-corrected chi connectivity index (χ0v) is 23.4. The van der Waals surface area contributed by atoms with Crippen LogP contribution in [0.1, 0.15) is 0 Å². The van der Waals surface area contributed by atoms with Crippen molar-refractivity contribution < 1.29 is 51.9 Å². The SMILES string of the molecule is C[NH+]1CC[NH+](c2ccc3nc(-c4ccc5nc(-c6ccc([NH+](C)C)cc6)[nH]c5c4)[nH]c3c2)CC1.[Cl-].[Cl-].[Cl-]. The fraction of sp³-hybridized carbons (Fsp3) is 0.259. The molecule has 0 atom stereocenters. The summed E-state index contributed by atoms with van der Waals surface area (Å²) in [5, 5.41) is 0. The monoisotopic (exact) mass is 559 g/mol. The molecule has 3 aromatic carbocycles. The van der Waals surface area contributed by atoms with E-state index < -0.39 is 0 Å². The van der Waals surface area contributed by atoms with Crippen LogP contribution in [0, 0.1) is 0 Å². The van der Waals surface area contributed by atoms with Crippen molar-refractivity contribution in [3.8, 4) is 22.8 Å². The van der Waals surface area contributed by atoms with Crippen LogP contribution in [0.2, 0.25) is 0 Å². The van der Waals surface area contributed by atoms with E-state index in [0.717, 1.165) is 44.8 Å². The summed E-state index contributed by atoms with van der Waals surface area (Å²) < 4.78 is 0. The summed E-state index contributed by atoms with van der Waals surface area (Å²) in [5.74, 6) is 1.78. The van der Waals surface area contributed by atoms with Crippen LogP contribution in [0.15, 0.2) is 60.7 Å². The number of imidazole rings is 2. The van der Waals surface area contributed by atoms with Crippen LogP contribution in [0.25, 0.3) is 44.8 Å². The van der Waals surface area contributed by atoms with Gasteiger partial charge in [0.2, 0.25) is 0 Å². The van der Waals surface area contributed by atoms with Gasteiger partial charge in [0.05, 0.1) is 43.2 Å². The molecule has 1 aliphatic heterocycles. The van der Waals surface area contributed by atoms with Crippen molar-refractivity contribution in [3.63, 3.8) is 0 Å². The van der Waals surface area contributed by atoms with E-state index in [1.165, 1.54) is 42.5 Å². The Morgan fingerprint density at radius 3 is 1.84 bits per heavy atom. The third-order valence-electron chi connectivity index (χ3n) is 7.09. The first-order valence-electron chi connectivity index (χ1n) is 12.1. The third kappa shape index (κ3) is 5.77. The molecular weight excluding hydrogens is 529 g/mol. The molecule has 5 aromatic rings. The predicted octanol–water partition coefficient (Wildman–Crippen LogP) is -8.39. The van der Waals surface area contributed by atoms with Gasteiger partial charge in [-0.15, -0.1) is 0 Å². The van der Waals surface area contributed by atoms with E-state index in [1.807, 2.05) is 0 Å². The number of nitrogens with one attached hydrogen (secondary N) is 5. The Hall–Kier alpha value is -2.65. The number of H-pyrrole nitrogens is 2. The average molecular weight is 561 g/mol. The zero-order valence-electron chi connectivity index (χ0n) is 21.1. The van der Waals surface area contributed by atoms with Crippen LogP contribution in [0.3, 0.4) is 0 Å². The van der Waals surface area contributed by atoms with Crippen LogP contribution in [-0.4, -0.2) is 67.3 Å². The largest absolute Gasteiger partial charge is 1.00 e. The second-order valence-corrected chi connectivity index (χ2v) is 9.77. The van der Waals surface area contributed by atoms with E-state index in [-0.39, 0.29) is 37.2 Å². The number of fused-ring (bicyclic) bond motifs is 2. The minimum atomic E-state index is 0. The second kappa shape index (κ2) is 11.8. The highest BCUT2D eigenvalue weighted by Crippen LogP contribution is 2.27. The van der Waals surface area contributed by atoms with Gasteiger partial charge in [0.25, 0.3) is 0 Å². The predicted molar refractivity (Wildman–Crippen MR) is 136 cm³/mol. The molecule has 196 valence electrons. The summed E-state index contributed by atoms with van der Waals surface area (Å²) in [6, 6.07) is 21.5. The Labute approximate surface area is 235 Å². The number of aromatic nitrogens is 4. The quantitative estimate of drug-likeness (QED) is 0.152. The van der Waals surface area contributed by atoms with Gasteiger partial charge in [0.1, 0.15) is 49.2 Å². The number of nitrogens with zero attached hydrogens (tertiary/aromatic N) is 2. The molecule has 0 saturated carbocycles. The van der Waals surface area contributed by atoms with Gasteiger partial charge < -0.3 is 57.0 Å². The first-order chi connectivity index (χ1) is 16.5. The summed E-state index contributed by atoms with van der Waals surface area (Å²) in [6.07, 6.45) is 0. The highest BCUT2D eigenvalue weighted by Gasteiger charge is 2.22. The van der Waals surface area contributed by atoms with Crippen LogP contribution in [0.5, 0.6) is 0 Å². The number of rotatable bonds is 4. The van der Waals surface area contributed by atoms with E-state index in [2.05, 4.69) is 91.8 Å². The number of piperazine rings is 1. The first kappa shape index (κ1) is 28.9. The van der Waals surface area contributed by atoms with Crippen molar-refractivity contribution >= 4 is 33.4 Å². The van der Waals surface area contributed by atoms with Crippen LogP contribution in [0.4, 0.5) is 11.4 Å². The fourth-order valence-electron chi connectivity index (χ4n) is 4.89. The fourth-order valence-corrected chi connectivity index (χ4v) is 4.89. The molecule has 0 radical (unpaired) electrons. The molecule has 7 nitrogen and oxygen atoms in total. The van der Waals surface area contributed by atoms with E-state index in [9.17, 15) is 0 Å². The molecule has 0 unspecified atom stereocenters. The standard InChI is InChI=1S/C27H29N7.3ClH/c1-32(2)20-7-4-18(5-8-20)26-28-22-10-6-19(16-24(22)30-26)27-29-23-11-9-21(17-25(23)31-27)34-14-12-33(3)13-15-34;;;/h4-11,16-17H,12-15H2,1-3H3,(H,28,30)(H,29,31);3*1H. The van der Waals surface area contributed by atoms with Gasteiger partial charge >= 0.3 is 0 Å². The van der Waals surface area contributed by atoms with E-state index in [1.54, 1.807) is 9.80 Å². The summed E-state index contributed by atoms with van der Waals surface area (Å²) in [7, 11) is 6.54. The second-order valence-electron chi connectivity index (χ2n) is 9.77. The minimum absolute atomic E-state index is 0. The van der Waals surface area contributed by atoms with Crippen LogP contribution in [-0.2, 0) is 0 Å². The number of halogens is 3. The molecule has 0 spiro atoms. The van der Waals surface area contributed by atoms with Crippen molar-refractivity contribution in [2.75, 3.05) is 47.3 Å². The van der Waals surface area contributed by atoms with Gasteiger partial charge in [-0.05, 0) is 48.5 Å². The summed E-state index contributed by atoms with van der Waals surface area (Å²) in [5.41, 5.74) is 8.83. The Kier molecular flexibility index (Phi) is 9.23. The molecule has 5 N–H and O–H groups in total. The summed E-state index contributed by atoms with van der Waals surface area (Å²) >= 11 is 0. The molecule has 1 fully saturated rings. The smallest absolute Gasteiger partial charge is 0.138 e. The van der Waals surface area contributed by atoms with Crippen molar-refractivity contribution in [1.29, 1.82) is 0 Å². The number of benzene rings is 3. The number of hydrogen-bond donors (Lipinski definition) is 5. The number of aromatic amines is 2. The van der Waals surface area contributed by atoms with Gasteiger partial charge in [-0.3, -0.25) is 4.90 Å². The molecule has 2 aromatic heterocycles. The van der Waals surface area contributed by atoms with E-state index in [0.29, 0.717) is 0 Å². The number of hydrogen-bond acceptors (Lipinski definition) is 2. The maximum absolute atomic E-state index is 4.87. The molecule has 6 rings (SSSR count). The molecule has 0 aliphatic carbocycles. The van der Waals surface area contributed by atoms with Crippen molar-refractivity contribution in [3.05, 3.63) is 60.7 Å². The van der Waals surface area contributed by atoms with Crippen molar-refractivity contribution in [2.24, 2.45) is 0 Å². The Morgan fingerprint density at radius 1 is 0.676 bits per heavy atom. The number of quaternary nitrogens is 3. The van der Waals surface area contributed by atoms with Crippen LogP contribution >= 0.6 is 0 Å². The normalized spacial score (nSPS) is 17.3. The van der Waals surface area contributed by atoms with Gasteiger partial charge in [-0.25, -0.2) is 9.97 Å². The van der Waals surface area contributed by atoms with Gasteiger partial charge in [-0.1, -0.05) is 0 Å². The van der Waals surface area contributed by atoms with Gasteiger partial charge in [0, 0.05) is 23.3 Å². The molecule has 0 amide bonds. The van der Waals surface area contributed by atoms with Gasteiger partial charge in [0.15, 0.2) is 0 Å². The Balaban J connectivity index is 0.00000127. The summed E-state index contributed by atoms with van der Waals surface area (Å²) in [4.78, 5) is 21.2. The molecule has 1 aliphatic rings. The molecule has 0 bridgehead atoms. The third-order valence-corrected chi connectivity index (χ3v) is 7.09. The lowest BCUT2D eigenvalue weighted by molar-refractivity contribution is -0.975. The first-order valence-corrected chi connectivity index (χ1v) is 12.1. The van der Waals surface area contributed by atoms with Crippen molar-refractivity contribution in [1.82, 2.24) is 19.9 Å². The molecular formula is C27H32Cl3N7. The topological polar surface area (TPSA) is 70.7 Å². The van der Waals surface area contributed by atoms with E-state index in [4.69, 9.17) is 9.97 Å². The Morgan fingerprint density at radius 2 is 1.22 bits per heavy atom. The number of likely N-dealkylation sites (N-methyl/N-ethyl adjacent to an activating group) is 1. The molecule has 10 heteroatoms. The van der Waals surface area contributed by atoms with Gasteiger partial charge in [-0.2, -0.15) is 0 Å². The zero-order chi connectivity index (χ0) is 23.2. The highest BCUT2D eigenvalue weighted by molar-refractivity contribution is 5.86. The van der Waals surface area contributed by atoms with E-state index >= 15 is 0 Å². The average Bonchev–Trinajstić information content (AvgIpc) is 3.48.